The Morgan fingerprint density at radius 3 is 2.81 bits per heavy atom. The summed E-state index contributed by atoms with van der Waals surface area (Å²) in [5.74, 6) is 5.72. The van der Waals surface area contributed by atoms with Crippen LogP contribution in [0.15, 0.2) is 18.3 Å². The van der Waals surface area contributed by atoms with Crippen molar-refractivity contribution in [1.82, 2.24) is 15.2 Å². The summed E-state index contributed by atoms with van der Waals surface area (Å²) in [6.07, 6.45) is 6.16. The van der Waals surface area contributed by atoms with Crippen molar-refractivity contribution in [2.24, 2.45) is 5.84 Å². The number of nitrogens with one attached hydrogen (secondary N) is 2. The highest BCUT2D eigenvalue weighted by atomic mass is 16.2. The number of nitrogens with two attached hydrogens (primary N) is 1. The number of imide groups is 1. The number of amides is 3. The molecule has 1 aliphatic heterocycles. The van der Waals surface area contributed by atoms with Crippen molar-refractivity contribution in [2.75, 3.05) is 5.43 Å². The normalized spacial score (nSPS) is 20.7. The highest BCUT2D eigenvalue weighted by Gasteiger charge is 2.51. The molecule has 3 rings (SSSR count). The molecule has 2 heterocycles. The summed E-state index contributed by atoms with van der Waals surface area (Å²) in [7, 11) is 0. The van der Waals surface area contributed by atoms with Gasteiger partial charge in [0.1, 0.15) is 11.4 Å². The van der Waals surface area contributed by atoms with E-state index < -0.39 is 5.54 Å². The molecule has 0 radical (unpaired) electrons. The lowest BCUT2D eigenvalue weighted by molar-refractivity contribution is -0.132. The van der Waals surface area contributed by atoms with Crippen LogP contribution in [-0.2, 0) is 11.3 Å². The van der Waals surface area contributed by atoms with E-state index in [1.165, 1.54) is 4.90 Å². The number of anilines is 1. The van der Waals surface area contributed by atoms with E-state index >= 15 is 0 Å². The molecule has 1 saturated carbocycles. The zero-order valence-corrected chi connectivity index (χ0v) is 11.8. The molecule has 7 heteroatoms. The van der Waals surface area contributed by atoms with Crippen LogP contribution < -0.4 is 16.6 Å². The van der Waals surface area contributed by atoms with Crippen molar-refractivity contribution in [1.29, 1.82) is 0 Å². The Labute approximate surface area is 122 Å². The molecule has 2 aliphatic rings. The summed E-state index contributed by atoms with van der Waals surface area (Å²) in [6, 6.07) is 3.20. The van der Waals surface area contributed by atoms with Crippen LogP contribution in [0, 0.1) is 0 Å². The Bertz CT molecular complexity index is 568. The maximum absolute atomic E-state index is 12.6. The molecule has 1 saturated heterocycles. The summed E-state index contributed by atoms with van der Waals surface area (Å²) in [4.78, 5) is 30.1. The van der Waals surface area contributed by atoms with E-state index in [2.05, 4.69) is 15.7 Å². The third-order valence-electron chi connectivity index (χ3n) is 4.27. The molecular weight excluding hydrogens is 270 g/mol. The van der Waals surface area contributed by atoms with Crippen molar-refractivity contribution >= 4 is 17.8 Å². The Balaban J connectivity index is 1.79. The Morgan fingerprint density at radius 2 is 2.10 bits per heavy atom. The number of pyridine rings is 1. The van der Waals surface area contributed by atoms with E-state index in [4.69, 9.17) is 5.84 Å². The Hall–Kier alpha value is -2.15. The first-order valence-corrected chi connectivity index (χ1v) is 7.20. The summed E-state index contributed by atoms with van der Waals surface area (Å²) in [6.45, 7) is 0.240. The third-order valence-corrected chi connectivity index (χ3v) is 4.27. The molecule has 1 aromatic heterocycles. The molecule has 112 valence electrons. The number of rotatable bonds is 3. The van der Waals surface area contributed by atoms with Crippen molar-refractivity contribution in [3.8, 4) is 0 Å². The standard InChI is InChI=1S/C14H19N5O2/c15-18-11-8-10(4-7-16-11)9-19-12(20)14(17-13(19)21)5-2-1-3-6-14/h4,7-8H,1-3,5-6,9,15H2,(H,16,18)(H,17,21). The zero-order valence-electron chi connectivity index (χ0n) is 11.8. The predicted octanol–water partition coefficient (Wildman–Crippen LogP) is 1.12. The SMILES string of the molecule is NNc1cc(CN2C(=O)NC3(CCCCC3)C2=O)ccn1. The quantitative estimate of drug-likeness (QED) is 0.440. The number of hydrogen-bond acceptors (Lipinski definition) is 5. The molecule has 7 nitrogen and oxygen atoms in total. The van der Waals surface area contributed by atoms with E-state index in [1.54, 1.807) is 18.3 Å². The molecule has 4 N–H and O–H groups in total. The fourth-order valence-electron chi connectivity index (χ4n) is 3.15. The highest BCUT2D eigenvalue weighted by molar-refractivity contribution is 6.07. The number of urea groups is 1. The van der Waals surface area contributed by atoms with Crippen LogP contribution in [0.2, 0.25) is 0 Å². The maximum atomic E-state index is 12.6. The smallest absolute Gasteiger partial charge is 0.323 e. The first-order chi connectivity index (χ1) is 10.1. The van der Waals surface area contributed by atoms with Crippen LogP contribution >= 0.6 is 0 Å². The van der Waals surface area contributed by atoms with Crippen LogP contribution in [0.25, 0.3) is 0 Å². The average Bonchev–Trinajstić information content (AvgIpc) is 2.73. The second-order valence-corrected chi connectivity index (χ2v) is 5.66. The molecule has 0 bridgehead atoms. The number of carbonyl (C=O) groups is 2. The van der Waals surface area contributed by atoms with Gasteiger partial charge in [-0.3, -0.25) is 9.69 Å². The average molecular weight is 289 g/mol. The minimum absolute atomic E-state index is 0.105. The minimum Gasteiger partial charge on any atom is -0.323 e. The zero-order chi connectivity index (χ0) is 14.9. The molecule has 3 amide bonds. The van der Waals surface area contributed by atoms with Gasteiger partial charge in [-0.15, -0.1) is 0 Å². The van der Waals surface area contributed by atoms with Crippen LogP contribution in [0.4, 0.5) is 10.6 Å². The Morgan fingerprint density at radius 1 is 1.33 bits per heavy atom. The van der Waals surface area contributed by atoms with Gasteiger partial charge in [0, 0.05) is 6.20 Å². The van der Waals surface area contributed by atoms with Gasteiger partial charge in [-0.2, -0.15) is 0 Å². The molecule has 0 aromatic carbocycles. The Kier molecular flexibility index (Phi) is 3.50. The van der Waals surface area contributed by atoms with Crippen LogP contribution in [0.1, 0.15) is 37.7 Å². The van der Waals surface area contributed by atoms with Crippen molar-refractivity contribution < 1.29 is 9.59 Å². The van der Waals surface area contributed by atoms with Crippen molar-refractivity contribution in [3.63, 3.8) is 0 Å². The number of hydrogen-bond donors (Lipinski definition) is 3. The van der Waals surface area contributed by atoms with Crippen LogP contribution in [0.3, 0.4) is 0 Å². The predicted molar refractivity (Wildman–Crippen MR) is 76.9 cm³/mol. The van der Waals surface area contributed by atoms with Gasteiger partial charge in [-0.1, -0.05) is 19.3 Å². The molecular formula is C14H19N5O2. The van der Waals surface area contributed by atoms with Gasteiger partial charge >= 0.3 is 6.03 Å². The minimum atomic E-state index is -0.669. The van der Waals surface area contributed by atoms with E-state index in [9.17, 15) is 9.59 Å². The van der Waals surface area contributed by atoms with Gasteiger partial charge in [0.05, 0.1) is 6.54 Å². The molecule has 1 spiro atoms. The lowest BCUT2D eigenvalue weighted by Gasteiger charge is -2.30. The van der Waals surface area contributed by atoms with Crippen molar-refractivity contribution in [2.45, 2.75) is 44.2 Å². The fourth-order valence-corrected chi connectivity index (χ4v) is 3.15. The molecule has 0 atom stereocenters. The number of carbonyl (C=O) groups excluding carboxylic acids is 2. The topological polar surface area (TPSA) is 100 Å². The molecule has 0 unspecified atom stereocenters. The number of nitrogen functional groups attached to an aromatic ring is 1. The number of hydrazine groups is 1. The largest absolute Gasteiger partial charge is 0.325 e. The van der Waals surface area contributed by atoms with Gasteiger partial charge in [0.25, 0.3) is 5.91 Å². The van der Waals surface area contributed by atoms with Gasteiger partial charge in [0.15, 0.2) is 0 Å². The number of aromatic nitrogens is 1. The van der Waals surface area contributed by atoms with E-state index in [-0.39, 0.29) is 18.5 Å². The van der Waals surface area contributed by atoms with Crippen LogP contribution in [0.5, 0.6) is 0 Å². The van der Waals surface area contributed by atoms with E-state index in [1.807, 2.05) is 0 Å². The van der Waals surface area contributed by atoms with Crippen LogP contribution in [-0.4, -0.2) is 27.4 Å². The van der Waals surface area contributed by atoms with E-state index in [0.29, 0.717) is 5.82 Å². The maximum Gasteiger partial charge on any atom is 0.325 e. The summed E-state index contributed by atoms with van der Waals surface area (Å²) >= 11 is 0. The monoisotopic (exact) mass is 289 g/mol. The van der Waals surface area contributed by atoms with Gasteiger partial charge in [0.2, 0.25) is 0 Å². The first kappa shape index (κ1) is 13.8. The van der Waals surface area contributed by atoms with Crippen molar-refractivity contribution in [3.05, 3.63) is 23.9 Å². The van der Waals surface area contributed by atoms with E-state index in [0.717, 1.165) is 37.7 Å². The van der Waals surface area contributed by atoms with Gasteiger partial charge < -0.3 is 10.7 Å². The second kappa shape index (κ2) is 5.33. The summed E-state index contributed by atoms with van der Waals surface area (Å²) < 4.78 is 0. The lowest BCUT2D eigenvalue weighted by atomic mass is 9.82. The second-order valence-electron chi connectivity index (χ2n) is 5.66. The molecule has 21 heavy (non-hydrogen) atoms. The molecule has 1 aromatic rings. The summed E-state index contributed by atoms with van der Waals surface area (Å²) in [5, 5.41) is 2.90. The lowest BCUT2D eigenvalue weighted by Crippen LogP contribution is -2.48. The van der Waals surface area contributed by atoms with Gasteiger partial charge in [-0.25, -0.2) is 15.6 Å². The molecule has 1 aliphatic carbocycles. The highest BCUT2D eigenvalue weighted by Crippen LogP contribution is 2.34. The molecule has 2 fully saturated rings. The third kappa shape index (κ3) is 2.44. The summed E-state index contributed by atoms with van der Waals surface area (Å²) in [5.41, 5.74) is 2.60. The number of nitrogens with zero attached hydrogens (tertiary/aromatic N) is 2. The fraction of sp³-hybridized carbons (Fsp3) is 0.500. The first-order valence-electron chi connectivity index (χ1n) is 7.20. The van der Waals surface area contributed by atoms with Gasteiger partial charge in [-0.05, 0) is 30.5 Å².